The van der Waals surface area contributed by atoms with Crippen LogP contribution >= 0.6 is 0 Å². The maximum Gasteiger partial charge on any atom is 0.416 e. The van der Waals surface area contributed by atoms with Crippen LogP contribution in [0.3, 0.4) is 0 Å². The van der Waals surface area contributed by atoms with Crippen molar-refractivity contribution in [2.75, 3.05) is 0 Å². The topological polar surface area (TPSA) is 57.4 Å². The molecule has 0 spiro atoms. The van der Waals surface area contributed by atoms with E-state index in [1.807, 2.05) is 6.07 Å². The Labute approximate surface area is 307 Å². The minimum Gasteiger partial charge on any atom is -0.308 e. The van der Waals surface area contributed by atoms with Gasteiger partial charge >= 0.3 is 18.5 Å². The Morgan fingerprint density at radius 3 is 1.20 bits per heavy atom. The lowest BCUT2D eigenvalue weighted by molar-refractivity contribution is -0.138. The molecule has 0 radical (unpaired) electrons. The molecule has 15 heteroatoms. The van der Waals surface area contributed by atoms with Gasteiger partial charge in [-0.1, -0.05) is 18.2 Å². The summed E-state index contributed by atoms with van der Waals surface area (Å²) in [5, 5.41) is 20.3. The lowest BCUT2D eigenvalue weighted by Crippen LogP contribution is -2.09. The van der Waals surface area contributed by atoms with E-state index in [9.17, 15) is 50.0 Å². The predicted molar refractivity (Wildman–Crippen MR) is 185 cm³/mol. The van der Waals surface area contributed by atoms with Gasteiger partial charge in [-0.25, -0.2) is 8.78 Å². The molecule has 2 heterocycles. The summed E-state index contributed by atoms with van der Waals surface area (Å²) >= 11 is 0. The Kier molecular flexibility index (Phi) is 7.95. The van der Waals surface area contributed by atoms with Gasteiger partial charge in [0.1, 0.15) is 11.6 Å². The molecule has 0 amide bonds. The second-order valence-electron chi connectivity index (χ2n) is 12.8. The molecule has 8 aromatic rings. The van der Waals surface area contributed by atoms with Crippen LogP contribution in [0.25, 0.3) is 66.1 Å². The summed E-state index contributed by atoms with van der Waals surface area (Å²) < 4.78 is 161. The van der Waals surface area contributed by atoms with Crippen molar-refractivity contribution in [3.05, 3.63) is 143 Å². The van der Waals surface area contributed by atoms with Crippen molar-refractivity contribution in [2.45, 2.75) is 18.5 Å². The van der Waals surface area contributed by atoms with Gasteiger partial charge in [0.15, 0.2) is 0 Å². The van der Waals surface area contributed by atoms with Crippen molar-refractivity contribution in [3.63, 3.8) is 0 Å². The van der Waals surface area contributed by atoms with E-state index in [4.69, 9.17) is 0 Å². The molecule has 0 N–H and O–H groups in total. The zero-order valence-electron chi connectivity index (χ0n) is 27.8. The molecule has 0 saturated heterocycles. The number of benzene rings is 6. The molecule has 0 aliphatic heterocycles. The quantitative estimate of drug-likeness (QED) is 0.168. The van der Waals surface area contributed by atoms with Gasteiger partial charge in [0.05, 0.1) is 73.4 Å². The number of aromatic nitrogens is 2. The first-order chi connectivity index (χ1) is 26.4. The van der Waals surface area contributed by atoms with E-state index in [0.29, 0.717) is 12.1 Å². The Bertz CT molecular complexity index is 2970. The maximum atomic E-state index is 16.4. The van der Waals surface area contributed by atoms with E-state index in [-0.39, 0.29) is 71.7 Å². The van der Waals surface area contributed by atoms with Crippen molar-refractivity contribution < 1.29 is 48.3 Å². The summed E-state index contributed by atoms with van der Waals surface area (Å²) in [6, 6.07) is 19.8. The van der Waals surface area contributed by atoms with Gasteiger partial charge in [-0.3, -0.25) is 0 Å². The minimum absolute atomic E-state index is 0.0330. The van der Waals surface area contributed by atoms with Crippen LogP contribution in [0.4, 0.5) is 48.3 Å². The molecule has 0 atom stereocenters. The highest BCUT2D eigenvalue weighted by molar-refractivity contribution is 6.12. The van der Waals surface area contributed by atoms with Crippen LogP contribution in [0.2, 0.25) is 0 Å². The molecule has 0 fully saturated rings. The van der Waals surface area contributed by atoms with Crippen molar-refractivity contribution >= 4 is 43.6 Å². The normalized spacial score (nSPS) is 12.5. The third-order valence-corrected chi connectivity index (χ3v) is 9.55. The number of hydrogen-bond acceptors (Lipinski definition) is 2. The average molecular weight is 775 g/mol. The summed E-state index contributed by atoms with van der Waals surface area (Å²) in [4.78, 5) is 0. The summed E-state index contributed by atoms with van der Waals surface area (Å²) in [5.74, 6) is -1.96. The number of hydrogen-bond donors (Lipinski definition) is 0. The van der Waals surface area contributed by atoms with Crippen LogP contribution in [0.1, 0.15) is 27.8 Å². The van der Waals surface area contributed by atoms with Crippen LogP contribution in [-0.2, 0) is 18.5 Å². The maximum absolute atomic E-state index is 16.4. The zero-order valence-corrected chi connectivity index (χ0v) is 27.8. The molecule has 278 valence electrons. The van der Waals surface area contributed by atoms with E-state index in [0.717, 1.165) is 88.0 Å². The number of fused-ring (bicyclic) bond motifs is 6. The number of alkyl halides is 9. The van der Waals surface area contributed by atoms with Gasteiger partial charge in [-0.15, -0.1) is 0 Å². The van der Waals surface area contributed by atoms with E-state index >= 15 is 8.78 Å². The van der Waals surface area contributed by atoms with Gasteiger partial charge in [0.2, 0.25) is 0 Å². The fraction of sp³-hybridized carbons (Fsp3) is 0.0732. The first-order valence-electron chi connectivity index (χ1n) is 16.2. The Balaban J connectivity index is 1.64. The fourth-order valence-corrected chi connectivity index (χ4v) is 7.15. The van der Waals surface area contributed by atoms with Gasteiger partial charge in [-0.2, -0.15) is 50.0 Å². The van der Waals surface area contributed by atoms with Crippen LogP contribution in [-0.4, -0.2) is 9.13 Å². The molecule has 0 aliphatic rings. The third-order valence-electron chi connectivity index (χ3n) is 9.55. The van der Waals surface area contributed by atoms with E-state index in [1.54, 1.807) is 6.07 Å². The molecule has 0 bridgehead atoms. The Hall–Kier alpha value is -6.87. The van der Waals surface area contributed by atoms with E-state index in [2.05, 4.69) is 0 Å². The van der Waals surface area contributed by atoms with E-state index < -0.39 is 52.4 Å². The van der Waals surface area contributed by atoms with Crippen LogP contribution in [0.5, 0.6) is 0 Å². The fourth-order valence-electron chi connectivity index (χ4n) is 7.15. The van der Waals surface area contributed by atoms with Crippen molar-refractivity contribution in [1.82, 2.24) is 9.13 Å². The van der Waals surface area contributed by atoms with Crippen LogP contribution < -0.4 is 0 Å². The molecule has 2 aromatic heterocycles. The van der Waals surface area contributed by atoms with Gasteiger partial charge in [0.25, 0.3) is 0 Å². The van der Waals surface area contributed by atoms with Crippen molar-refractivity contribution in [1.29, 1.82) is 10.5 Å². The molecule has 0 aliphatic carbocycles. The summed E-state index contributed by atoms with van der Waals surface area (Å²) in [7, 11) is 0. The highest BCUT2D eigenvalue weighted by Gasteiger charge is 2.35. The predicted octanol–water partition coefficient (Wildman–Crippen LogP) is 12.6. The number of nitrogens with zero attached hydrogens (tertiary/aromatic N) is 4. The first-order valence-corrected chi connectivity index (χ1v) is 16.2. The van der Waals surface area contributed by atoms with E-state index in [1.165, 1.54) is 12.1 Å². The summed E-state index contributed by atoms with van der Waals surface area (Å²) in [6.07, 6.45) is -14.8. The SMILES string of the molecule is N#Cc1ccc(-c2c(-n3c4cc(F)ccc4c4ccc(C(F)(F)F)cc43)cc(C#N)cc2-n2c3cc(C(F)(F)F)ccc3c3ccc(C(F)(F)F)cc32)c(F)c1. The molecule has 0 saturated carbocycles. The minimum atomic E-state index is -4.95. The van der Waals surface area contributed by atoms with Crippen LogP contribution in [0, 0.1) is 34.3 Å². The molecule has 6 aromatic carbocycles. The van der Waals surface area contributed by atoms with Gasteiger partial charge < -0.3 is 9.13 Å². The smallest absolute Gasteiger partial charge is 0.308 e. The van der Waals surface area contributed by atoms with Crippen molar-refractivity contribution in [2.24, 2.45) is 0 Å². The Morgan fingerprint density at radius 1 is 0.429 bits per heavy atom. The first kappa shape index (κ1) is 36.1. The monoisotopic (exact) mass is 774 g/mol. The lowest BCUT2D eigenvalue weighted by atomic mass is 9.96. The second-order valence-corrected chi connectivity index (χ2v) is 12.8. The zero-order chi connectivity index (χ0) is 40.1. The molecular weight excluding hydrogens is 757 g/mol. The molecule has 56 heavy (non-hydrogen) atoms. The lowest BCUT2D eigenvalue weighted by Gasteiger charge is -2.22. The average Bonchev–Trinajstić information content (AvgIpc) is 3.64. The summed E-state index contributed by atoms with van der Waals surface area (Å²) in [6.45, 7) is 0. The van der Waals surface area contributed by atoms with Crippen molar-refractivity contribution in [3.8, 4) is 34.6 Å². The molecular formula is C41H17F11N4. The summed E-state index contributed by atoms with van der Waals surface area (Å²) in [5.41, 5.74) is -6.36. The van der Waals surface area contributed by atoms with Gasteiger partial charge in [0, 0.05) is 32.7 Å². The highest BCUT2D eigenvalue weighted by Crippen LogP contribution is 2.46. The van der Waals surface area contributed by atoms with Gasteiger partial charge in [-0.05, 0) is 84.9 Å². The standard InChI is InChI=1S/C41H17F11N4/c42-25-5-10-29-28-9-4-24(41(50,51)52)16-34(28)56(35(29)17-25)37-13-21(19-54)12-36(38(37)30-6-1-20(18-53)11-31(30)43)55-32-14-22(39(44,45)46)2-7-26(32)27-8-3-23(15-33(27)55)40(47,48)49/h1-17H. The molecule has 8 rings (SSSR count). The third kappa shape index (κ3) is 5.74. The second kappa shape index (κ2) is 12.3. The number of rotatable bonds is 3. The molecule has 4 nitrogen and oxygen atoms in total. The number of nitriles is 2. The number of halogens is 11. The largest absolute Gasteiger partial charge is 0.416 e. The highest BCUT2D eigenvalue weighted by atomic mass is 19.4. The Morgan fingerprint density at radius 2 is 0.821 bits per heavy atom. The molecule has 0 unspecified atom stereocenters. The van der Waals surface area contributed by atoms with Crippen LogP contribution in [0.15, 0.2) is 103 Å².